The lowest BCUT2D eigenvalue weighted by atomic mass is 10.1. The summed E-state index contributed by atoms with van der Waals surface area (Å²) in [5.41, 5.74) is 5.65. The van der Waals surface area contributed by atoms with Gasteiger partial charge in [-0.05, 0) is 48.9 Å². The van der Waals surface area contributed by atoms with Gasteiger partial charge in [0.15, 0.2) is 5.58 Å². The number of ether oxygens (including phenoxy) is 1. The van der Waals surface area contributed by atoms with Gasteiger partial charge in [-0.2, -0.15) is 5.10 Å². The van der Waals surface area contributed by atoms with Crippen molar-refractivity contribution in [2.24, 2.45) is 5.10 Å². The van der Waals surface area contributed by atoms with Gasteiger partial charge in [-0.25, -0.2) is 10.4 Å². The predicted octanol–water partition coefficient (Wildman–Crippen LogP) is 3.47. The summed E-state index contributed by atoms with van der Waals surface area (Å²) < 4.78 is 10.7. The summed E-state index contributed by atoms with van der Waals surface area (Å²) in [6, 6.07) is 14.9. The van der Waals surface area contributed by atoms with Crippen LogP contribution in [0.3, 0.4) is 0 Å². The fraction of sp³-hybridized carbons (Fsp3) is 0.167. The van der Waals surface area contributed by atoms with Crippen LogP contribution < -0.4 is 10.2 Å². The van der Waals surface area contributed by atoms with Crippen LogP contribution in [0.2, 0.25) is 0 Å². The van der Waals surface area contributed by atoms with Crippen molar-refractivity contribution in [2.75, 3.05) is 12.9 Å². The molecule has 0 radical (unpaired) electrons. The molecule has 1 aromatic heterocycles. The average Bonchev–Trinajstić information content (AvgIpc) is 3.07. The Morgan fingerprint density at radius 2 is 2.00 bits per heavy atom. The first-order valence-electron chi connectivity index (χ1n) is 7.61. The van der Waals surface area contributed by atoms with E-state index in [2.05, 4.69) is 15.5 Å². The van der Waals surface area contributed by atoms with Crippen LogP contribution in [-0.4, -0.2) is 29.5 Å². The van der Waals surface area contributed by atoms with Gasteiger partial charge in [-0.15, -0.1) is 0 Å². The van der Waals surface area contributed by atoms with Crippen LogP contribution in [-0.2, 0) is 4.79 Å². The molecule has 0 saturated heterocycles. The normalized spacial score (nSPS) is 11.5. The largest absolute Gasteiger partial charge is 0.497 e. The van der Waals surface area contributed by atoms with Crippen LogP contribution in [0.25, 0.3) is 11.1 Å². The Kier molecular flexibility index (Phi) is 5.35. The van der Waals surface area contributed by atoms with Crippen molar-refractivity contribution in [3.05, 3.63) is 54.1 Å². The van der Waals surface area contributed by atoms with Crippen molar-refractivity contribution in [3.63, 3.8) is 0 Å². The SMILES string of the molecule is COc1ccc(/C(C)=N/NC(=O)CSc2nc3ccccc3o2)cc1. The molecule has 0 fully saturated rings. The molecular formula is C18H17N3O3S. The van der Waals surface area contributed by atoms with E-state index in [9.17, 15) is 4.79 Å². The quantitative estimate of drug-likeness (QED) is 0.416. The van der Waals surface area contributed by atoms with Crippen molar-refractivity contribution in [2.45, 2.75) is 12.1 Å². The lowest BCUT2D eigenvalue weighted by Crippen LogP contribution is -2.21. The van der Waals surface area contributed by atoms with Crippen molar-refractivity contribution in [1.82, 2.24) is 10.4 Å². The minimum atomic E-state index is -0.222. The predicted molar refractivity (Wildman–Crippen MR) is 98.1 cm³/mol. The van der Waals surface area contributed by atoms with Gasteiger partial charge in [-0.1, -0.05) is 23.9 Å². The highest BCUT2D eigenvalue weighted by Gasteiger charge is 2.09. The highest BCUT2D eigenvalue weighted by atomic mass is 32.2. The summed E-state index contributed by atoms with van der Waals surface area (Å²) in [6.07, 6.45) is 0. The molecule has 0 atom stereocenters. The Morgan fingerprint density at radius 3 is 2.72 bits per heavy atom. The Hall–Kier alpha value is -2.80. The van der Waals surface area contributed by atoms with E-state index in [1.165, 1.54) is 11.8 Å². The zero-order chi connectivity index (χ0) is 17.6. The number of para-hydroxylation sites is 2. The molecule has 0 spiro atoms. The molecule has 1 heterocycles. The highest BCUT2D eigenvalue weighted by Crippen LogP contribution is 2.22. The second-order valence-corrected chi connectivity index (χ2v) is 6.12. The van der Waals surface area contributed by atoms with Gasteiger partial charge in [0.1, 0.15) is 11.3 Å². The van der Waals surface area contributed by atoms with Gasteiger partial charge < -0.3 is 9.15 Å². The van der Waals surface area contributed by atoms with Crippen LogP contribution in [0.5, 0.6) is 5.75 Å². The molecule has 128 valence electrons. The molecule has 0 bridgehead atoms. The molecule has 0 saturated carbocycles. The fourth-order valence-corrected chi connectivity index (χ4v) is 2.75. The minimum Gasteiger partial charge on any atom is -0.497 e. The van der Waals surface area contributed by atoms with Crippen LogP contribution in [0.4, 0.5) is 0 Å². The molecule has 0 unspecified atom stereocenters. The standard InChI is InChI=1S/C18H17N3O3S/c1-12(13-7-9-14(23-2)10-8-13)20-21-17(22)11-25-18-19-15-5-3-4-6-16(15)24-18/h3-10H,11H2,1-2H3,(H,21,22)/b20-12+. The van der Waals surface area contributed by atoms with E-state index in [4.69, 9.17) is 9.15 Å². The third kappa shape index (κ3) is 4.39. The maximum absolute atomic E-state index is 11.9. The van der Waals surface area contributed by atoms with Crippen LogP contribution in [0.1, 0.15) is 12.5 Å². The molecule has 7 heteroatoms. The number of nitrogens with one attached hydrogen (secondary N) is 1. The fourth-order valence-electron chi connectivity index (χ4n) is 2.12. The molecule has 1 N–H and O–H groups in total. The van der Waals surface area contributed by atoms with Crippen LogP contribution in [0, 0.1) is 0 Å². The Bertz CT molecular complexity index is 870. The van der Waals surface area contributed by atoms with Gasteiger partial charge in [-0.3, -0.25) is 4.79 Å². The summed E-state index contributed by atoms with van der Waals surface area (Å²) in [6.45, 7) is 1.83. The first-order chi connectivity index (χ1) is 12.2. The number of thioether (sulfide) groups is 1. The lowest BCUT2D eigenvalue weighted by molar-refractivity contribution is -0.118. The summed E-state index contributed by atoms with van der Waals surface area (Å²) in [5, 5.41) is 4.58. The Balaban J connectivity index is 1.54. The van der Waals surface area contributed by atoms with Gasteiger partial charge in [0, 0.05) is 0 Å². The third-order valence-corrected chi connectivity index (χ3v) is 4.29. The summed E-state index contributed by atoms with van der Waals surface area (Å²) in [5.74, 6) is 0.724. The maximum atomic E-state index is 11.9. The summed E-state index contributed by atoms with van der Waals surface area (Å²) in [4.78, 5) is 16.3. The smallest absolute Gasteiger partial charge is 0.257 e. The van der Waals surface area contributed by atoms with E-state index in [1.807, 2.05) is 55.5 Å². The first-order valence-corrected chi connectivity index (χ1v) is 8.60. The first kappa shape index (κ1) is 17.0. The number of hydrogen-bond acceptors (Lipinski definition) is 6. The third-order valence-electron chi connectivity index (χ3n) is 3.46. The van der Waals surface area contributed by atoms with Gasteiger partial charge in [0.05, 0.1) is 18.6 Å². The number of methoxy groups -OCH3 is 1. The molecule has 6 nitrogen and oxygen atoms in total. The summed E-state index contributed by atoms with van der Waals surface area (Å²) in [7, 11) is 1.62. The number of carbonyl (C=O) groups excluding carboxylic acids is 1. The number of hydrazone groups is 1. The summed E-state index contributed by atoms with van der Waals surface area (Å²) >= 11 is 1.23. The number of fused-ring (bicyclic) bond motifs is 1. The Morgan fingerprint density at radius 1 is 1.24 bits per heavy atom. The van der Waals surface area contributed by atoms with Crippen LogP contribution >= 0.6 is 11.8 Å². The lowest BCUT2D eigenvalue weighted by Gasteiger charge is -2.04. The molecular weight excluding hydrogens is 338 g/mol. The van der Waals surface area contributed by atoms with Crippen molar-refractivity contribution < 1.29 is 13.9 Å². The van der Waals surface area contributed by atoms with E-state index < -0.39 is 0 Å². The molecule has 2 aromatic carbocycles. The van der Waals surface area contributed by atoms with Crippen LogP contribution in [0.15, 0.2) is 63.3 Å². The van der Waals surface area contributed by atoms with Gasteiger partial charge >= 0.3 is 0 Å². The second-order valence-electron chi connectivity index (χ2n) is 5.20. The van der Waals surface area contributed by atoms with Crippen molar-refractivity contribution >= 4 is 34.5 Å². The van der Waals surface area contributed by atoms with E-state index >= 15 is 0 Å². The van der Waals surface area contributed by atoms with Crippen molar-refractivity contribution in [3.8, 4) is 5.75 Å². The molecule has 0 aliphatic heterocycles. The maximum Gasteiger partial charge on any atom is 0.257 e. The number of rotatable bonds is 6. The number of aromatic nitrogens is 1. The molecule has 0 aliphatic carbocycles. The zero-order valence-electron chi connectivity index (χ0n) is 13.9. The van der Waals surface area contributed by atoms with E-state index in [-0.39, 0.29) is 11.7 Å². The average molecular weight is 355 g/mol. The molecule has 3 rings (SSSR count). The van der Waals surface area contributed by atoms with Crippen molar-refractivity contribution in [1.29, 1.82) is 0 Å². The van der Waals surface area contributed by atoms with E-state index in [1.54, 1.807) is 7.11 Å². The molecule has 25 heavy (non-hydrogen) atoms. The van der Waals surface area contributed by atoms with Gasteiger partial charge in [0.25, 0.3) is 11.1 Å². The number of amides is 1. The van der Waals surface area contributed by atoms with E-state index in [0.717, 1.165) is 16.8 Å². The molecule has 3 aromatic rings. The number of carbonyl (C=O) groups is 1. The number of oxazole rings is 1. The topological polar surface area (TPSA) is 76.7 Å². The minimum absolute atomic E-state index is 0.173. The molecule has 1 amide bonds. The number of benzene rings is 2. The monoisotopic (exact) mass is 355 g/mol. The second kappa shape index (κ2) is 7.85. The highest BCUT2D eigenvalue weighted by molar-refractivity contribution is 7.99. The molecule has 0 aliphatic rings. The van der Waals surface area contributed by atoms with Gasteiger partial charge in [0.2, 0.25) is 0 Å². The number of hydrogen-bond donors (Lipinski definition) is 1. The Labute approximate surface area is 149 Å². The zero-order valence-corrected chi connectivity index (χ0v) is 14.7. The number of nitrogens with zero attached hydrogens (tertiary/aromatic N) is 2. The van der Waals surface area contributed by atoms with E-state index in [0.29, 0.717) is 16.5 Å².